The monoisotopic (exact) mass is 367 g/mol. The van der Waals surface area contributed by atoms with Crippen molar-refractivity contribution in [3.05, 3.63) is 65.5 Å². The molecule has 3 amide bonds. The SMILES string of the molecule is CC(C)(C)N(C(=O)O)C(CN1C(=O)c2ccccc2C1=O)c1cccnc1. The average Bonchev–Trinajstić information content (AvgIpc) is 2.85. The normalized spacial score (nSPS) is 14.9. The number of carbonyl (C=O) groups excluding carboxylic acids is 2. The minimum Gasteiger partial charge on any atom is -0.465 e. The predicted octanol–water partition coefficient (Wildman–Crippen LogP) is 3.20. The summed E-state index contributed by atoms with van der Waals surface area (Å²) in [6, 6.07) is 9.32. The van der Waals surface area contributed by atoms with Crippen LogP contribution in [0, 0.1) is 0 Å². The molecule has 0 saturated heterocycles. The van der Waals surface area contributed by atoms with Gasteiger partial charge in [0, 0.05) is 17.9 Å². The molecule has 0 radical (unpaired) electrons. The molecule has 1 N–H and O–H groups in total. The Morgan fingerprint density at radius 3 is 2.15 bits per heavy atom. The number of aromatic nitrogens is 1. The molecule has 3 rings (SSSR count). The molecule has 0 bridgehead atoms. The zero-order valence-corrected chi connectivity index (χ0v) is 15.4. The standard InChI is InChI=1S/C20H21N3O4/c1-20(2,3)23(19(26)27)16(13-7-6-10-21-11-13)12-22-17(24)14-8-4-5-9-15(14)18(22)25/h4-11,16H,12H2,1-3H3,(H,26,27). The van der Waals surface area contributed by atoms with Crippen molar-refractivity contribution in [1.82, 2.24) is 14.8 Å². The van der Waals surface area contributed by atoms with Crippen molar-refractivity contribution in [3.63, 3.8) is 0 Å². The van der Waals surface area contributed by atoms with Crippen LogP contribution >= 0.6 is 0 Å². The van der Waals surface area contributed by atoms with Crippen molar-refractivity contribution in [2.45, 2.75) is 32.4 Å². The van der Waals surface area contributed by atoms with Crippen LogP contribution in [0.2, 0.25) is 0 Å². The Bertz CT molecular complexity index is 855. The first-order valence-corrected chi connectivity index (χ1v) is 8.59. The average molecular weight is 367 g/mol. The van der Waals surface area contributed by atoms with Gasteiger partial charge in [0.1, 0.15) is 0 Å². The van der Waals surface area contributed by atoms with Crippen molar-refractivity contribution in [2.75, 3.05) is 6.54 Å². The van der Waals surface area contributed by atoms with Gasteiger partial charge in [-0.15, -0.1) is 0 Å². The molecule has 27 heavy (non-hydrogen) atoms. The van der Waals surface area contributed by atoms with E-state index >= 15 is 0 Å². The lowest BCUT2D eigenvalue weighted by Gasteiger charge is -2.40. The molecule has 1 aromatic heterocycles. The molecule has 0 fully saturated rings. The summed E-state index contributed by atoms with van der Waals surface area (Å²) in [4.78, 5) is 44.0. The van der Waals surface area contributed by atoms with Crippen LogP contribution in [0.15, 0.2) is 48.8 Å². The van der Waals surface area contributed by atoms with Crippen molar-refractivity contribution in [3.8, 4) is 0 Å². The van der Waals surface area contributed by atoms with Gasteiger partial charge in [-0.3, -0.25) is 24.4 Å². The molecule has 1 unspecified atom stereocenters. The largest absolute Gasteiger partial charge is 0.465 e. The summed E-state index contributed by atoms with van der Waals surface area (Å²) in [6.07, 6.45) is 2.02. The van der Waals surface area contributed by atoms with Crippen LogP contribution in [0.4, 0.5) is 4.79 Å². The van der Waals surface area contributed by atoms with Crippen LogP contribution in [0.1, 0.15) is 53.1 Å². The molecule has 140 valence electrons. The molecular formula is C20H21N3O4. The number of carboxylic acid groups (broad SMARTS) is 1. The number of carbonyl (C=O) groups is 3. The van der Waals surface area contributed by atoms with E-state index in [0.717, 1.165) is 4.90 Å². The van der Waals surface area contributed by atoms with E-state index in [0.29, 0.717) is 16.7 Å². The van der Waals surface area contributed by atoms with E-state index in [9.17, 15) is 19.5 Å². The van der Waals surface area contributed by atoms with Crippen molar-refractivity contribution in [1.29, 1.82) is 0 Å². The third-order valence-corrected chi connectivity index (χ3v) is 4.54. The minimum absolute atomic E-state index is 0.0817. The lowest BCUT2D eigenvalue weighted by Crippen LogP contribution is -2.51. The highest BCUT2D eigenvalue weighted by Crippen LogP contribution is 2.32. The molecule has 0 saturated carbocycles. The van der Waals surface area contributed by atoms with E-state index in [4.69, 9.17) is 0 Å². The Labute approximate surface area is 157 Å². The van der Waals surface area contributed by atoms with Crippen LogP contribution in [0.5, 0.6) is 0 Å². The Kier molecular flexibility index (Phi) is 4.70. The van der Waals surface area contributed by atoms with Gasteiger partial charge in [-0.2, -0.15) is 0 Å². The predicted molar refractivity (Wildman–Crippen MR) is 98.4 cm³/mol. The van der Waals surface area contributed by atoms with Gasteiger partial charge in [-0.25, -0.2) is 4.79 Å². The number of nitrogens with zero attached hydrogens (tertiary/aromatic N) is 3. The highest BCUT2D eigenvalue weighted by molar-refractivity contribution is 6.21. The maximum Gasteiger partial charge on any atom is 0.408 e. The molecule has 1 aromatic carbocycles. The third kappa shape index (κ3) is 3.40. The maximum atomic E-state index is 12.7. The van der Waals surface area contributed by atoms with E-state index in [1.807, 2.05) is 0 Å². The van der Waals surface area contributed by atoms with Gasteiger partial charge in [0.15, 0.2) is 0 Å². The molecule has 1 aliphatic heterocycles. The summed E-state index contributed by atoms with van der Waals surface area (Å²) in [6.45, 7) is 5.23. The molecule has 7 heteroatoms. The second-order valence-corrected chi connectivity index (χ2v) is 7.39. The lowest BCUT2D eigenvalue weighted by atomic mass is 9.99. The van der Waals surface area contributed by atoms with Crippen LogP contribution in [0.3, 0.4) is 0 Å². The third-order valence-electron chi connectivity index (χ3n) is 4.54. The first-order valence-electron chi connectivity index (χ1n) is 8.59. The zero-order valence-electron chi connectivity index (χ0n) is 15.4. The Morgan fingerprint density at radius 1 is 1.11 bits per heavy atom. The van der Waals surface area contributed by atoms with Gasteiger partial charge in [0.05, 0.1) is 23.7 Å². The topological polar surface area (TPSA) is 90.8 Å². The maximum absolute atomic E-state index is 12.7. The van der Waals surface area contributed by atoms with Crippen LogP contribution in [0.25, 0.3) is 0 Å². The van der Waals surface area contributed by atoms with Gasteiger partial charge in [-0.1, -0.05) is 18.2 Å². The second kappa shape index (κ2) is 6.83. The highest BCUT2D eigenvalue weighted by Gasteiger charge is 2.41. The number of hydrogen-bond acceptors (Lipinski definition) is 4. The molecular weight excluding hydrogens is 346 g/mol. The van der Waals surface area contributed by atoms with E-state index in [1.165, 1.54) is 4.90 Å². The first kappa shape index (κ1) is 18.6. The summed E-state index contributed by atoms with van der Waals surface area (Å²) < 4.78 is 0. The number of hydrogen-bond donors (Lipinski definition) is 1. The Morgan fingerprint density at radius 2 is 1.70 bits per heavy atom. The summed E-state index contributed by atoms with van der Waals surface area (Å²) in [7, 11) is 0. The number of pyridine rings is 1. The zero-order chi connectivity index (χ0) is 19.8. The molecule has 2 heterocycles. The molecule has 1 atom stereocenters. The number of imide groups is 1. The van der Waals surface area contributed by atoms with Gasteiger partial charge >= 0.3 is 6.09 Å². The van der Waals surface area contributed by atoms with Crippen molar-refractivity contribution >= 4 is 17.9 Å². The summed E-state index contributed by atoms with van der Waals surface area (Å²) >= 11 is 0. The smallest absolute Gasteiger partial charge is 0.408 e. The number of fused-ring (bicyclic) bond motifs is 1. The molecule has 1 aliphatic rings. The fraction of sp³-hybridized carbons (Fsp3) is 0.300. The first-order chi connectivity index (χ1) is 12.7. The van der Waals surface area contributed by atoms with Gasteiger partial charge in [0.25, 0.3) is 11.8 Å². The number of benzene rings is 1. The van der Waals surface area contributed by atoms with E-state index in [1.54, 1.807) is 69.6 Å². The summed E-state index contributed by atoms with van der Waals surface area (Å²) in [5.41, 5.74) is 0.548. The summed E-state index contributed by atoms with van der Waals surface area (Å²) in [5.74, 6) is -0.826. The quantitative estimate of drug-likeness (QED) is 0.838. The van der Waals surface area contributed by atoms with E-state index in [-0.39, 0.29) is 6.54 Å². The molecule has 7 nitrogen and oxygen atoms in total. The second-order valence-electron chi connectivity index (χ2n) is 7.39. The summed E-state index contributed by atoms with van der Waals surface area (Å²) in [5, 5.41) is 9.84. The molecule has 2 aromatic rings. The van der Waals surface area contributed by atoms with Crippen LogP contribution < -0.4 is 0 Å². The lowest BCUT2D eigenvalue weighted by molar-refractivity contribution is 0.0427. The van der Waals surface area contributed by atoms with E-state index < -0.39 is 29.5 Å². The fourth-order valence-corrected chi connectivity index (χ4v) is 3.37. The van der Waals surface area contributed by atoms with Crippen molar-refractivity contribution < 1.29 is 19.5 Å². The fourth-order valence-electron chi connectivity index (χ4n) is 3.37. The number of amides is 3. The van der Waals surface area contributed by atoms with Crippen LogP contribution in [-0.2, 0) is 0 Å². The van der Waals surface area contributed by atoms with Gasteiger partial charge in [-0.05, 0) is 44.5 Å². The molecule has 0 spiro atoms. The van der Waals surface area contributed by atoms with Gasteiger partial charge < -0.3 is 5.11 Å². The van der Waals surface area contributed by atoms with Gasteiger partial charge in [0.2, 0.25) is 0 Å². The Balaban J connectivity index is 2.02. The number of rotatable bonds is 4. The van der Waals surface area contributed by atoms with E-state index in [2.05, 4.69) is 4.98 Å². The van der Waals surface area contributed by atoms with Crippen molar-refractivity contribution in [2.24, 2.45) is 0 Å². The van der Waals surface area contributed by atoms with Crippen LogP contribution in [-0.4, -0.2) is 49.9 Å². The highest BCUT2D eigenvalue weighted by atomic mass is 16.4. The molecule has 0 aliphatic carbocycles. The Hall–Kier alpha value is -3.22. The minimum atomic E-state index is -1.13.